The number of nitrogens with one attached hydrogen (secondary N) is 1. The fourth-order valence-electron chi connectivity index (χ4n) is 4.23. The van der Waals surface area contributed by atoms with Gasteiger partial charge in [-0.25, -0.2) is 0 Å². The second kappa shape index (κ2) is 2.73. The molecule has 0 unspecified atom stereocenters. The summed E-state index contributed by atoms with van der Waals surface area (Å²) in [7, 11) is 0. The molecule has 1 amide bonds. The van der Waals surface area contributed by atoms with E-state index in [9.17, 15) is 4.79 Å². The van der Waals surface area contributed by atoms with E-state index >= 15 is 0 Å². The molecule has 4 saturated carbocycles. The Hall–Kier alpha value is -0.530. The third-order valence-corrected chi connectivity index (χ3v) is 4.45. The highest BCUT2D eigenvalue weighted by Crippen LogP contribution is 2.53. The van der Waals surface area contributed by atoms with Gasteiger partial charge in [0, 0.05) is 6.04 Å². The molecule has 2 nitrogen and oxygen atoms in total. The van der Waals surface area contributed by atoms with Crippen LogP contribution in [0, 0.1) is 23.7 Å². The summed E-state index contributed by atoms with van der Waals surface area (Å²) in [5.41, 5.74) is 0. The van der Waals surface area contributed by atoms with E-state index in [4.69, 9.17) is 0 Å². The first kappa shape index (κ1) is 7.84. The molecule has 2 heteroatoms. The van der Waals surface area contributed by atoms with E-state index in [1.807, 2.05) is 6.41 Å². The largest absolute Gasteiger partial charge is 0.345 e. The van der Waals surface area contributed by atoms with Crippen LogP contribution < -0.4 is 5.32 Å². The SMILES string of the molecule is O=[C]NC1C2CC3CC(C2)CC1C3. The van der Waals surface area contributed by atoms with E-state index < -0.39 is 0 Å². The standard InChI is InChI=1S/C11H16NO/c13-6-12-11-9-2-7-1-8(4-9)5-10(11)3-7/h7-11H,1-5H2,(H,12,13). The van der Waals surface area contributed by atoms with Crippen LogP contribution in [-0.2, 0) is 4.79 Å². The highest BCUT2D eigenvalue weighted by molar-refractivity contribution is 5.48. The Morgan fingerprint density at radius 1 is 0.923 bits per heavy atom. The topological polar surface area (TPSA) is 29.1 Å². The van der Waals surface area contributed by atoms with Crippen molar-refractivity contribution in [1.82, 2.24) is 5.32 Å². The molecule has 1 radical (unpaired) electrons. The van der Waals surface area contributed by atoms with Crippen LogP contribution in [0.25, 0.3) is 0 Å². The Bertz CT molecular complexity index is 198. The van der Waals surface area contributed by atoms with Gasteiger partial charge >= 0.3 is 6.41 Å². The molecule has 0 aromatic rings. The molecule has 0 atom stereocenters. The van der Waals surface area contributed by atoms with Gasteiger partial charge in [-0.3, -0.25) is 4.79 Å². The third kappa shape index (κ3) is 1.11. The van der Waals surface area contributed by atoms with Crippen molar-refractivity contribution >= 4 is 6.41 Å². The van der Waals surface area contributed by atoms with Gasteiger partial charge in [-0.05, 0) is 55.8 Å². The highest BCUT2D eigenvalue weighted by Gasteiger charge is 2.48. The van der Waals surface area contributed by atoms with Crippen LogP contribution >= 0.6 is 0 Å². The van der Waals surface area contributed by atoms with Gasteiger partial charge in [0.25, 0.3) is 0 Å². The minimum Gasteiger partial charge on any atom is -0.345 e. The van der Waals surface area contributed by atoms with E-state index in [-0.39, 0.29) is 0 Å². The van der Waals surface area contributed by atoms with Crippen molar-refractivity contribution in [3.63, 3.8) is 0 Å². The molecular formula is C11H16NO. The molecule has 4 aliphatic rings. The fraction of sp³-hybridized carbons (Fsp3) is 0.909. The average molecular weight is 178 g/mol. The monoisotopic (exact) mass is 178 g/mol. The summed E-state index contributed by atoms with van der Waals surface area (Å²) in [5, 5.41) is 2.92. The van der Waals surface area contributed by atoms with Crippen molar-refractivity contribution in [3.8, 4) is 0 Å². The van der Waals surface area contributed by atoms with Crippen LogP contribution in [0.5, 0.6) is 0 Å². The van der Waals surface area contributed by atoms with Crippen LogP contribution in [0.4, 0.5) is 0 Å². The van der Waals surface area contributed by atoms with Crippen molar-refractivity contribution in [1.29, 1.82) is 0 Å². The van der Waals surface area contributed by atoms with E-state index in [0.29, 0.717) is 6.04 Å². The molecule has 4 fully saturated rings. The van der Waals surface area contributed by atoms with Crippen LogP contribution in [0.1, 0.15) is 32.1 Å². The van der Waals surface area contributed by atoms with Crippen molar-refractivity contribution in [2.45, 2.75) is 38.1 Å². The maximum absolute atomic E-state index is 10.4. The Kier molecular flexibility index (Phi) is 1.64. The van der Waals surface area contributed by atoms with Crippen LogP contribution in [0.15, 0.2) is 0 Å². The molecule has 0 aliphatic heterocycles. The second-order valence-corrected chi connectivity index (χ2v) is 5.20. The smallest absolute Gasteiger partial charge is 0.309 e. The van der Waals surface area contributed by atoms with Crippen molar-refractivity contribution in [2.24, 2.45) is 23.7 Å². The van der Waals surface area contributed by atoms with Crippen LogP contribution in [0.2, 0.25) is 0 Å². The van der Waals surface area contributed by atoms with E-state index in [0.717, 1.165) is 23.7 Å². The lowest BCUT2D eigenvalue weighted by atomic mass is 9.54. The molecule has 0 saturated heterocycles. The first-order valence-corrected chi connectivity index (χ1v) is 5.49. The van der Waals surface area contributed by atoms with Gasteiger partial charge in [0.15, 0.2) is 0 Å². The third-order valence-electron chi connectivity index (χ3n) is 4.45. The average Bonchev–Trinajstić information content (AvgIpc) is 2.10. The number of hydrogen-bond acceptors (Lipinski definition) is 1. The number of amides is 1. The lowest BCUT2D eigenvalue weighted by Crippen LogP contribution is -2.54. The molecule has 4 rings (SSSR count). The zero-order chi connectivity index (χ0) is 8.84. The van der Waals surface area contributed by atoms with Gasteiger partial charge in [-0.15, -0.1) is 0 Å². The van der Waals surface area contributed by atoms with Gasteiger partial charge in [-0.1, -0.05) is 0 Å². The lowest BCUT2D eigenvalue weighted by Gasteiger charge is -2.54. The van der Waals surface area contributed by atoms with Gasteiger partial charge < -0.3 is 5.32 Å². The van der Waals surface area contributed by atoms with Crippen molar-refractivity contribution < 1.29 is 4.79 Å². The summed E-state index contributed by atoms with van der Waals surface area (Å²) < 4.78 is 0. The Morgan fingerprint density at radius 3 is 1.92 bits per heavy atom. The fourth-order valence-corrected chi connectivity index (χ4v) is 4.23. The molecule has 4 bridgehead atoms. The zero-order valence-corrected chi connectivity index (χ0v) is 7.83. The van der Waals surface area contributed by atoms with Gasteiger partial charge in [-0.2, -0.15) is 0 Å². The summed E-state index contributed by atoms with van der Waals surface area (Å²) in [4.78, 5) is 10.4. The molecule has 4 aliphatic carbocycles. The molecule has 0 aromatic carbocycles. The van der Waals surface area contributed by atoms with Crippen molar-refractivity contribution in [2.75, 3.05) is 0 Å². The maximum atomic E-state index is 10.4. The molecule has 0 spiro atoms. The summed E-state index contributed by atoms with van der Waals surface area (Å²) in [6.45, 7) is 0. The number of rotatable bonds is 2. The first-order valence-electron chi connectivity index (χ1n) is 5.49. The second-order valence-electron chi connectivity index (χ2n) is 5.20. The molecule has 71 valence electrons. The lowest BCUT2D eigenvalue weighted by molar-refractivity contribution is -0.00705. The van der Waals surface area contributed by atoms with Gasteiger partial charge in [0.1, 0.15) is 0 Å². The Balaban J connectivity index is 1.81. The highest BCUT2D eigenvalue weighted by atomic mass is 16.1. The molecule has 13 heavy (non-hydrogen) atoms. The van der Waals surface area contributed by atoms with Crippen LogP contribution in [0.3, 0.4) is 0 Å². The van der Waals surface area contributed by atoms with E-state index in [1.165, 1.54) is 32.1 Å². The predicted octanol–water partition coefficient (Wildman–Crippen LogP) is 1.47. The maximum Gasteiger partial charge on any atom is 0.309 e. The molecular weight excluding hydrogens is 162 g/mol. The predicted molar refractivity (Wildman–Crippen MR) is 49.7 cm³/mol. The van der Waals surface area contributed by atoms with Crippen LogP contribution in [-0.4, -0.2) is 12.5 Å². The number of carbonyl (C=O) groups excluding carboxylic acids is 1. The van der Waals surface area contributed by atoms with E-state index in [2.05, 4.69) is 5.32 Å². The summed E-state index contributed by atoms with van der Waals surface area (Å²) >= 11 is 0. The Labute approximate surface area is 79.1 Å². The summed E-state index contributed by atoms with van der Waals surface area (Å²) in [6, 6.07) is 0.477. The quantitative estimate of drug-likeness (QED) is 0.637. The van der Waals surface area contributed by atoms with Crippen molar-refractivity contribution in [3.05, 3.63) is 0 Å². The minimum atomic E-state index is 0.477. The normalized spacial score (nSPS) is 52.2. The number of hydrogen-bond donors (Lipinski definition) is 1. The Morgan fingerprint density at radius 2 is 1.46 bits per heavy atom. The molecule has 0 aromatic heterocycles. The summed E-state index contributed by atoms with van der Waals surface area (Å²) in [5.74, 6) is 3.56. The molecule has 0 heterocycles. The first-order chi connectivity index (χ1) is 6.36. The molecule has 1 N–H and O–H groups in total. The van der Waals surface area contributed by atoms with E-state index in [1.54, 1.807) is 0 Å². The zero-order valence-electron chi connectivity index (χ0n) is 7.83. The summed E-state index contributed by atoms with van der Waals surface area (Å²) in [6.07, 6.45) is 8.84. The van der Waals surface area contributed by atoms with Gasteiger partial charge in [0.2, 0.25) is 0 Å². The van der Waals surface area contributed by atoms with Gasteiger partial charge in [0.05, 0.1) is 0 Å². The minimum absolute atomic E-state index is 0.477.